The van der Waals surface area contributed by atoms with Gasteiger partial charge in [0.05, 0.1) is 11.4 Å². The van der Waals surface area contributed by atoms with Gasteiger partial charge in [0.15, 0.2) is 0 Å². The fraction of sp³-hybridized carbons (Fsp3) is 0. The SMILES string of the molecule is c1ccc(N(c2ccc3c(c2)oc2ccccc23)c2ccccc2-c2cccc3oc4ccccc4c23)c(-c2ccc3ccccc3c2)c1. The molecule has 0 bridgehead atoms. The van der Waals surface area contributed by atoms with Crippen LogP contribution in [0.15, 0.2) is 185 Å². The Labute approximate surface area is 282 Å². The van der Waals surface area contributed by atoms with Crippen molar-refractivity contribution in [3.8, 4) is 22.3 Å². The Bertz CT molecular complexity index is 2860. The van der Waals surface area contributed by atoms with Crippen LogP contribution in [0.3, 0.4) is 0 Å². The molecule has 0 N–H and O–H groups in total. The number of nitrogens with zero attached hydrogens (tertiary/aromatic N) is 1. The second kappa shape index (κ2) is 11.0. The first-order valence-electron chi connectivity index (χ1n) is 16.6. The van der Waals surface area contributed by atoms with Gasteiger partial charge < -0.3 is 13.7 Å². The molecule has 0 unspecified atom stereocenters. The molecular weight excluding hydrogens is 599 g/mol. The molecule has 10 rings (SSSR count). The Hall–Kier alpha value is -6.58. The van der Waals surface area contributed by atoms with Gasteiger partial charge >= 0.3 is 0 Å². The third-order valence-electron chi connectivity index (χ3n) is 9.66. The van der Waals surface area contributed by atoms with Crippen molar-refractivity contribution in [1.82, 2.24) is 0 Å². The first kappa shape index (κ1) is 27.5. The highest BCUT2D eigenvalue weighted by Crippen LogP contribution is 2.48. The minimum atomic E-state index is 0.854. The number of anilines is 3. The average molecular weight is 628 g/mol. The van der Waals surface area contributed by atoms with Gasteiger partial charge in [0.25, 0.3) is 0 Å². The predicted octanol–water partition coefficient (Wildman–Crippen LogP) is 13.4. The summed E-state index contributed by atoms with van der Waals surface area (Å²) in [6.07, 6.45) is 0. The third-order valence-corrected chi connectivity index (χ3v) is 9.66. The van der Waals surface area contributed by atoms with Crippen LogP contribution >= 0.6 is 0 Å². The van der Waals surface area contributed by atoms with Gasteiger partial charge in [-0.1, -0.05) is 121 Å². The van der Waals surface area contributed by atoms with Gasteiger partial charge in [-0.2, -0.15) is 0 Å². The van der Waals surface area contributed by atoms with Crippen molar-refractivity contribution in [3.63, 3.8) is 0 Å². The normalized spacial score (nSPS) is 11.7. The van der Waals surface area contributed by atoms with Crippen molar-refractivity contribution in [1.29, 1.82) is 0 Å². The van der Waals surface area contributed by atoms with Crippen LogP contribution in [-0.2, 0) is 0 Å². The summed E-state index contributed by atoms with van der Waals surface area (Å²) >= 11 is 0. The topological polar surface area (TPSA) is 29.5 Å². The highest BCUT2D eigenvalue weighted by molar-refractivity contribution is 6.14. The summed E-state index contributed by atoms with van der Waals surface area (Å²) in [5, 5.41) is 6.87. The van der Waals surface area contributed by atoms with Gasteiger partial charge in [-0.3, -0.25) is 0 Å². The Morgan fingerprint density at radius 3 is 1.80 bits per heavy atom. The van der Waals surface area contributed by atoms with Crippen LogP contribution in [0.2, 0.25) is 0 Å². The summed E-state index contributed by atoms with van der Waals surface area (Å²) in [6.45, 7) is 0. The third kappa shape index (κ3) is 4.44. The van der Waals surface area contributed by atoms with Gasteiger partial charge in [0.2, 0.25) is 0 Å². The van der Waals surface area contributed by atoms with Gasteiger partial charge in [0.1, 0.15) is 22.3 Å². The summed E-state index contributed by atoms with van der Waals surface area (Å²) in [6, 6.07) is 62.1. The Morgan fingerprint density at radius 1 is 0.347 bits per heavy atom. The minimum absolute atomic E-state index is 0.854. The van der Waals surface area contributed by atoms with E-state index in [0.717, 1.165) is 83.2 Å². The number of hydrogen-bond donors (Lipinski definition) is 0. The van der Waals surface area contributed by atoms with E-state index in [0.29, 0.717) is 0 Å². The molecule has 8 aromatic carbocycles. The molecule has 0 atom stereocenters. The fourth-order valence-corrected chi connectivity index (χ4v) is 7.43. The lowest BCUT2D eigenvalue weighted by Gasteiger charge is -2.30. The van der Waals surface area contributed by atoms with E-state index in [-0.39, 0.29) is 0 Å². The summed E-state index contributed by atoms with van der Waals surface area (Å²) < 4.78 is 12.8. The first-order chi connectivity index (χ1) is 24.3. The van der Waals surface area contributed by atoms with E-state index in [1.807, 2.05) is 24.3 Å². The Kier molecular flexibility index (Phi) is 6.18. The van der Waals surface area contributed by atoms with Crippen LogP contribution in [0, 0.1) is 0 Å². The molecule has 2 aromatic heterocycles. The molecule has 10 aromatic rings. The number of hydrogen-bond acceptors (Lipinski definition) is 3. The largest absolute Gasteiger partial charge is 0.456 e. The van der Waals surface area contributed by atoms with Crippen molar-refractivity contribution in [2.24, 2.45) is 0 Å². The zero-order chi connectivity index (χ0) is 32.3. The molecule has 3 nitrogen and oxygen atoms in total. The fourth-order valence-electron chi connectivity index (χ4n) is 7.43. The standard InChI is InChI=1S/C46H29NO2/c1-2-13-31-28-32(25-24-30(31)12-1)34-14-3-7-19-40(34)47(33-26-27-37-36-16-5-9-21-42(36)49-45(37)29-33)41-20-8-4-15-35(41)38-18-11-23-44-46(38)39-17-6-10-22-43(39)48-44/h1-29H. The Balaban J connectivity index is 1.26. The molecular formula is C46H29NO2. The van der Waals surface area contributed by atoms with E-state index < -0.39 is 0 Å². The number of para-hydroxylation sites is 4. The van der Waals surface area contributed by atoms with Gasteiger partial charge in [0, 0.05) is 44.4 Å². The summed E-state index contributed by atoms with van der Waals surface area (Å²) in [7, 11) is 0. The summed E-state index contributed by atoms with van der Waals surface area (Å²) in [4.78, 5) is 2.38. The van der Waals surface area contributed by atoms with Crippen molar-refractivity contribution in [2.45, 2.75) is 0 Å². The van der Waals surface area contributed by atoms with E-state index in [2.05, 4.69) is 157 Å². The second-order valence-electron chi connectivity index (χ2n) is 12.5. The molecule has 3 heteroatoms. The first-order valence-corrected chi connectivity index (χ1v) is 16.6. The van der Waals surface area contributed by atoms with Crippen LogP contribution in [0.25, 0.3) is 76.9 Å². The monoisotopic (exact) mass is 627 g/mol. The highest BCUT2D eigenvalue weighted by atomic mass is 16.3. The molecule has 49 heavy (non-hydrogen) atoms. The van der Waals surface area contributed by atoms with Crippen molar-refractivity contribution in [2.75, 3.05) is 4.90 Å². The van der Waals surface area contributed by atoms with Gasteiger partial charge in [-0.25, -0.2) is 0 Å². The molecule has 0 spiro atoms. The van der Waals surface area contributed by atoms with Crippen molar-refractivity contribution in [3.05, 3.63) is 176 Å². The quantitative estimate of drug-likeness (QED) is 0.190. The van der Waals surface area contributed by atoms with Crippen LogP contribution < -0.4 is 4.90 Å². The van der Waals surface area contributed by atoms with Crippen LogP contribution in [-0.4, -0.2) is 0 Å². The lowest BCUT2D eigenvalue weighted by Crippen LogP contribution is -2.12. The van der Waals surface area contributed by atoms with E-state index >= 15 is 0 Å². The number of furan rings is 2. The lowest BCUT2D eigenvalue weighted by molar-refractivity contribution is 0.668. The summed E-state index contributed by atoms with van der Waals surface area (Å²) in [5.41, 5.74) is 11.2. The van der Waals surface area contributed by atoms with E-state index in [1.54, 1.807) is 0 Å². The van der Waals surface area contributed by atoms with E-state index in [9.17, 15) is 0 Å². The predicted molar refractivity (Wildman–Crippen MR) is 204 cm³/mol. The molecule has 0 amide bonds. The van der Waals surface area contributed by atoms with Crippen LogP contribution in [0.4, 0.5) is 17.1 Å². The average Bonchev–Trinajstić information content (AvgIpc) is 3.73. The van der Waals surface area contributed by atoms with Crippen molar-refractivity contribution >= 4 is 71.7 Å². The minimum Gasteiger partial charge on any atom is -0.456 e. The van der Waals surface area contributed by atoms with Crippen LogP contribution in [0.5, 0.6) is 0 Å². The highest BCUT2D eigenvalue weighted by Gasteiger charge is 2.23. The lowest BCUT2D eigenvalue weighted by atomic mass is 9.95. The second-order valence-corrected chi connectivity index (χ2v) is 12.5. The molecule has 0 saturated carbocycles. The number of rotatable bonds is 5. The Morgan fingerprint density at radius 2 is 0.939 bits per heavy atom. The maximum Gasteiger partial charge on any atom is 0.137 e. The number of fused-ring (bicyclic) bond motifs is 7. The maximum absolute atomic E-state index is 6.45. The zero-order valence-electron chi connectivity index (χ0n) is 26.5. The molecule has 230 valence electrons. The van der Waals surface area contributed by atoms with E-state index in [4.69, 9.17) is 8.83 Å². The molecule has 0 fully saturated rings. The smallest absolute Gasteiger partial charge is 0.137 e. The van der Waals surface area contributed by atoms with E-state index in [1.165, 1.54) is 10.8 Å². The number of benzene rings is 8. The molecule has 0 aliphatic rings. The van der Waals surface area contributed by atoms with Crippen LogP contribution in [0.1, 0.15) is 0 Å². The molecule has 0 aliphatic carbocycles. The molecule has 2 heterocycles. The van der Waals surface area contributed by atoms with Gasteiger partial charge in [-0.05, 0) is 70.4 Å². The molecule has 0 radical (unpaired) electrons. The zero-order valence-corrected chi connectivity index (χ0v) is 26.5. The molecule has 0 aliphatic heterocycles. The van der Waals surface area contributed by atoms with Crippen molar-refractivity contribution < 1.29 is 8.83 Å². The van der Waals surface area contributed by atoms with Gasteiger partial charge in [-0.15, -0.1) is 0 Å². The molecule has 0 saturated heterocycles. The summed E-state index contributed by atoms with van der Waals surface area (Å²) in [5.74, 6) is 0. The maximum atomic E-state index is 6.45.